The Hall–Kier alpha value is -1.52. The lowest BCUT2D eigenvalue weighted by Gasteiger charge is -2.18. The predicted octanol–water partition coefficient (Wildman–Crippen LogP) is 2.18. The standard InChI is InChI=1S/C16H31N5/c1-8-17-16(18-10-11(2)3)19-12(4)9-15-13(5)20-21(7)14(15)6/h11-12H,8-10H2,1-7H3,(H2,17,18,19). The van der Waals surface area contributed by atoms with Gasteiger partial charge in [-0.3, -0.25) is 9.67 Å². The molecule has 5 nitrogen and oxygen atoms in total. The number of aromatic nitrogens is 2. The lowest BCUT2D eigenvalue weighted by Crippen LogP contribution is -2.43. The maximum atomic E-state index is 4.62. The van der Waals surface area contributed by atoms with Gasteiger partial charge in [0, 0.05) is 31.9 Å². The fourth-order valence-corrected chi connectivity index (χ4v) is 2.30. The van der Waals surface area contributed by atoms with E-state index in [-0.39, 0.29) is 0 Å². The highest BCUT2D eigenvalue weighted by atomic mass is 15.3. The summed E-state index contributed by atoms with van der Waals surface area (Å²) in [5.41, 5.74) is 3.69. The Morgan fingerprint density at radius 3 is 2.43 bits per heavy atom. The Morgan fingerprint density at radius 2 is 1.95 bits per heavy atom. The zero-order valence-electron chi connectivity index (χ0n) is 14.6. The lowest BCUT2D eigenvalue weighted by molar-refractivity contribution is 0.620. The van der Waals surface area contributed by atoms with Crippen molar-refractivity contribution in [3.63, 3.8) is 0 Å². The average Bonchev–Trinajstić information content (AvgIpc) is 2.63. The predicted molar refractivity (Wildman–Crippen MR) is 89.8 cm³/mol. The number of aliphatic imine (C=N–C) groups is 1. The monoisotopic (exact) mass is 293 g/mol. The fraction of sp³-hybridized carbons (Fsp3) is 0.750. The van der Waals surface area contributed by atoms with Crippen LogP contribution in [0.2, 0.25) is 0 Å². The average molecular weight is 293 g/mol. The molecule has 0 aliphatic heterocycles. The normalized spacial score (nSPS) is 13.6. The van der Waals surface area contributed by atoms with Crippen molar-refractivity contribution in [3.8, 4) is 0 Å². The zero-order chi connectivity index (χ0) is 16.0. The van der Waals surface area contributed by atoms with Crippen molar-refractivity contribution >= 4 is 5.96 Å². The van der Waals surface area contributed by atoms with Crippen LogP contribution in [0.25, 0.3) is 0 Å². The van der Waals surface area contributed by atoms with Gasteiger partial charge in [0.25, 0.3) is 0 Å². The molecule has 0 aliphatic carbocycles. The van der Waals surface area contributed by atoms with Gasteiger partial charge in [0.15, 0.2) is 5.96 Å². The summed E-state index contributed by atoms with van der Waals surface area (Å²) in [4.78, 5) is 4.62. The van der Waals surface area contributed by atoms with Gasteiger partial charge >= 0.3 is 0 Å². The SMILES string of the molecule is CCNC(=NCC(C)C)NC(C)Cc1c(C)nn(C)c1C. The molecule has 5 heteroatoms. The molecule has 21 heavy (non-hydrogen) atoms. The summed E-state index contributed by atoms with van der Waals surface area (Å²) >= 11 is 0. The molecule has 1 heterocycles. The van der Waals surface area contributed by atoms with Gasteiger partial charge in [0.1, 0.15) is 0 Å². The van der Waals surface area contributed by atoms with Gasteiger partial charge in [-0.2, -0.15) is 5.10 Å². The van der Waals surface area contributed by atoms with Crippen molar-refractivity contribution in [3.05, 3.63) is 17.0 Å². The second-order valence-electron chi connectivity index (χ2n) is 6.14. The fourth-order valence-electron chi connectivity index (χ4n) is 2.30. The molecule has 1 atom stereocenters. The van der Waals surface area contributed by atoms with Crippen molar-refractivity contribution in [1.29, 1.82) is 0 Å². The first kappa shape index (κ1) is 17.5. The minimum atomic E-state index is 0.316. The highest BCUT2D eigenvalue weighted by molar-refractivity contribution is 5.80. The molecular formula is C16H31N5. The highest BCUT2D eigenvalue weighted by Crippen LogP contribution is 2.14. The number of nitrogens with zero attached hydrogens (tertiary/aromatic N) is 3. The van der Waals surface area contributed by atoms with E-state index >= 15 is 0 Å². The van der Waals surface area contributed by atoms with E-state index in [1.54, 1.807) is 0 Å². The Labute approximate surface area is 129 Å². The van der Waals surface area contributed by atoms with Crippen LogP contribution in [0.4, 0.5) is 0 Å². The van der Waals surface area contributed by atoms with Crippen LogP contribution in [0.15, 0.2) is 4.99 Å². The summed E-state index contributed by atoms with van der Waals surface area (Å²) in [5.74, 6) is 1.47. The van der Waals surface area contributed by atoms with Gasteiger partial charge < -0.3 is 10.6 Å². The van der Waals surface area contributed by atoms with Gasteiger partial charge in [-0.15, -0.1) is 0 Å². The van der Waals surface area contributed by atoms with Gasteiger partial charge in [0.05, 0.1) is 5.69 Å². The Morgan fingerprint density at radius 1 is 1.29 bits per heavy atom. The Balaban J connectivity index is 2.69. The van der Waals surface area contributed by atoms with Crippen molar-refractivity contribution in [2.24, 2.45) is 18.0 Å². The molecular weight excluding hydrogens is 262 g/mol. The summed E-state index contributed by atoms with van der Waals surface area (Å²) in [6.07, 6.45) is 0.956. The van der Waals surface area contributed by atoms with E-state index < -0.39 is 0 Å². The van der Waals surface area contributed by atoms with Crippen LogP contribution in [-0.4, -0.2) is 34.9 Å². The van der Waals surface area contributed by atoms with Gasteiger partial charge in [-0.1, -0.05) is 13.8 Å². The van der Waals surface area contributed by atoms with Crippen LogP contribution in [0.3, 0.4) is 0 Å². The maximum absolute atomic E-state index is 4.62. The Bertz CT molecular complexity index is 473. The topological polar surface area (TPSA) is 54.2 Å². The number of guanidine groups is 1. The molecule has 120 valence electrons. The molecule has 0 radical (unpaired) electrons. The summed E-state index contributed by atoms with van der Waals surface area (Å²) in [6.45, 7) is 14.6. The number of nitrogens with one attached hydrogen (secondary N) is 2. The molecule has 0 bridgehead atoms. The number of hydrogen-bond donors (Lipinski definition) is 2. The van der Waals surface area contributed by atoms with E-state index in [4.69, 9.17) is 0 Å². The highest BCUT2D eigenvalue weighted by Gasteiger charge is 2.13. The van der Waals surface area contributed by atoms with Crippen LogP contribution >= 0.6 is 0 Å². The molecule has 0 amide bonds. The molecule has 0 spiro atoms. The third-order valence-electron chi connectivity index (χ3n) is 3.51. The van der Waals surface area contributed by atoms with E-state index in [1.165, 1.54) is 11.3 Å². The van der Waals surface area contributed by atoms with Crippen molar-refractivity contribution < 1.29 is 0 Å². The smallest absolute Gasteiger partial charge is 0.191 e. The summed E-state index contributed by atoms with van der Waals surface area (Å²) in [6, 6.07) is 0.316. The molecule has 2 N–H and O–H groups in total. The minimum Gasteiger partial charge on any atom is -0.357 e. The third kappa shape index (κ3) is 5.40. The lowest BCUT2D eigenvalue weighted by atomic mass is 10.1. The van der Waals surface area contributed by atoms with E-state index in [0.29, 0.717) is 12.0 Å². The molecule has 0 fully saturated rings. The second kappa shape index (κ2) is 8.05. The van der Waals surface area contributed by atoms with E-state index in [2.05, 4.69) is 62.3 Å². The number of aryl methyl sites for hydroxylation is 2. The van der Waals surface area contributed by atoms with Crippen LogP contribution < -0.4 is 10.6 Å². The van der Waals surface area contributed by atoms with Crippen molar-refractivity contribution in [2.45, 2.75) is 54.0 Å². The third-order valence-corrected chi connectivity index (χ3v) is 3.51. The second-order valence-corrected chi connectivity index (χ2v) is 6.14. The summed E-state index contributed by atoms with van der Waals surface area (Å²) < 4.78 is 1.95. The molecule has 0 saturated carbocycles. The van der Waals surface area contributed by atoms with Crippen molar-refractivity contribution in [2.75, 3.05) is 13.1 Å². The zero-order valence-corrected chi connectivity index (χ0v) is 14.6. The van der Waals surface area contributed by atoms with Crippen LogP contribution in [0, 0.1) is 19.8 Å². The summed E-state index contributed by atoms with van der Waals surface area (Å²) in [5, 5.41) is 11.3. The molecule has 1 aromatic heterocycles. The minimum absolute atomic E-state index is 0.316. The van der Waals surface area contributed by atoms with E-state index in [9.17, 15) is 0 Å². The molecule has 0 saturated heterocycles. The van der Waals surface area contributed by atoms with Crippen LogP contribution in [0.5, 0.6) is 0 Å². The maximum Gasteiger partial charge on any atom is 0.191 e. The van der Waals surface area contributed by atoms with Gasteiger partial charge in [-0.25, -0.2) is 0 Å². The van der Waals surface area contributed by atoms with Crippen LogP contribution in [-0.2, 0) is 13.5 Å². The molecule has 0 aromatic carbocycles. The molecule has 1 rings (SSSR count). The van der Waals surface area contributed by atoms with Crippen molar-refractivity contribution in [1.82, 2.24) is 20.4 Å². The molecule has 0 aliphatic rings. The first-order chi connectivity index (χ1) is 9.85. The first-order valence-corrected chi connectivity index (χ1v) is 7.89. The van der Waals surface area contributed by atoms with E-state index in [1.807, 2.05) is 11.7 Å². The Kier molecular flexibility index (Phi) is 6.72. The molecule has 1 aromatic rings. The number of rotatable bonds is 6. The largest absolute Gasteiger partial charge is 0.357 e. The van der Waals surface area contributed by atoms with Crippen LogP contribution in [0.1, 0.15) is 44.6 Å². The van der Waals surface area contributed by atoms with Gasteiger partial charge in [-0.05, 0) is 45.6 Å². The quantitative estimate of drug-likeness (QED) is 0.624. The molecule has 1 unspecified atom stereocenters. The van der Waals surface area contributed by atoms with E-state index in [0.717, 1.165) is 31.2 Å². The first-order valence-electron chi connectivity index (χ1n) is 7.89. The van der Waals surface area contributed by atoms with Gasteiger partial charge in [0.2, 0.25) is 0 Å². The number of hydrogen-bond acceptors (Lipinski definition) is 2. The summed E-state index contributed by atoms with van der Waals surface area (Å²) in [7, 11) is 2.00.